The highest BCUT2D eigenvalue weighted by Gasteiger charge is 2.52. The van der Waals surface area contributed by atoms with E-state index in [1.54, 1.807) is 13.2 Å². The molecular weight excluding hydrogens is 364 g/mol. The van der Waals surface area contributed by atoms with E-state index in [4.69, 9.17) is 0 Å². The Morgan fingerprint density at radius 1 is 1.21 bits per heavy atom. The van der Waals surface area contributed by atoms with Crippen LogP contribution in [0.4, 0.5) is 5.82 Å². The fourth-order valence-electron chi connectivity index (χ4n) is 5.10. The van der Waals surface area contributed by atoms with Crippen molar-refractivity contribution in [2.24, 2.45) is 11.3 Å². The van der Waals surface area contributed by atoms with E-state index in [1.165, 1.54) is 5.56 Å². The number of hydrogen-bond donors (Lipinski definition) is 2. The monoisotopic (exact) mass is 394 g/mol. The van der Waals surface area contributed by atoms with Gasteiger partial charge in [-0.05, 0) is 36.5 Å². The summed E-state index contributed by atoms with van der Waals surface area (Å²) in [7, 11) is 1.80. The van der Waals surface area contributed by atoms with E-state index in [2.05, 4.69) is 39.5 Å². The van der Waals surface area contributed by atoms with E-state index >= 15 is 0 Å². The number of nitrogens with zero attached hydrogens (tertiary/aromatic N) is 3. The van der Waals surface area contributed by atoms with Crippen LogP contribution < -0.4 is 5.32 Å². The molecule has 0 radical (unpaired) electrons. The summed E-state index contributed by atoms with van der Waals surface area (Å²) in [5.74, 6) is 1.14. The summed E-state index contributed by atoms with van der Waals surface area (Å²) in [5, 5.41) is 12.4. The molecule has 2 atom stereocenters. The van der Waals surface area contributed by atoms with Crippen molar-refractivity contribution in [1.29, 1.82) is 0 Å². The largest absolute Gasteiger partial charge is 0.395 e. The highest BCUT2D eigenvalue weighted by Crippen LogP contribution is 2.46. The standard InChI is InChI=1S/C23H30N4O2/c1-24-21-20(8-5-11-25-21)22(29)27-15-19-14-26(12-13-28)16-23(19,17-27)10-9-18-6-3-2-4-7-18/h2-8,11,19,28H,9-10,12-17H2,1H3,(H,24,25). The van der Waals surface area contributed by atoms with Crippen LogP contribution in [-0.2, 0) is 6.42 Å². The van der Waals surface area contributed by atoms with E-state index in [0.29, 0.717) is 23.8 Å². The van der Waals surface area contributed by atoms with Gasteiger partial charge in [0.2, 0.25) is 0 Å². The van der Waals surface area contributed by atoms with E-state index in [-0.39, 0.29) is 17.9 Å². The van der Waals surface area contributed by atoms with Gasteiger partial charge < -0.3 is 20.2 Å². The molecule has 2 aliphatic heterocycles. The van der Waals surface area contributed by atoms with Gasteiger partial charge in [0, 0.05) is 51.4 Å². The molecule has 1 aromatic carbocycles. The van der Waals surface area contributed by atoms with Gasteiger partial charge >= 0.3 is 0 Å². The number of aryl methyl sites for hydroxylation is 1. The number of likely N-dealkylation sites (tertiary alicyclic amines) is 2. The van der Waals surface area contributed by atoms with Crippen molar-refractivity contribution in [3.05, 3.63) is 59.8 Å². The molecule has 2 aromatic rings. The van der Waals surface area contributed by atoms with Gasteiger partial charge in [-0.25, -0.2) is 4.98 Å². The average molecular weight is 395 g/mol. The lowest BCUT2D eigenvalue weighted by Crippen LogP contribution is -2.38. The molecular formula is C23H30N4O2. The first-order chi connectivity index (χ1) is 14.1. The number of carbonyl (C=O) groups excluding carboxylic acids is 1. The van der Waals surface area contributed by atoms with E-state index in [1.807, 2.05) is 23.1 Å². The molecule has 2 fully saturated rings. The molecule has 154 valence electrons. The summed E-state index contributed by atoms with van der Waals surface area (Å²) in [6.07, 6.45) is 3.77. The van der Waals surface area contributed by atoms with Crippen LogP contribution in [0.5, 0.6) is 0 Å². The molecule has 2 N–H and O–H groups in total. The molecule has 0 spiro atoms. The summed E-state index contributed by atoms with van der Waals surface area (Å²) in [6.45, 7) is 4.33. The van der Waals surface area contributed by atoms with Crippen LogP contribution in [0.3, 0.4) is 0 Å². The Morgan fingerprint density at radius 3 is 2.79 bits per heavy atom. The Bertz CT molecular complexity index is 844. The Morgan fingerprint density at radius 2 is 2.03 bits per heavy atom. The molecule has 4 rings (SSSR count). The number of pyridine rings is 1. The predicted octanol–water partition coefficient (Wildman–Crippen LogP) is 2.12. The van der Waals surface area contributed by atoms with Crippen LogP contribution in [0.25, 0.3) is 0 Å². The number of aromatic nitrogens is 1. The van der Waals surface area contributed by atoms with Gasteiger partial charge in [-0.2, -0.15) is 0 Å². The maximum absolute atomic E-state index is 13.3. The maximum atomic E-state index is 13.3. The molecule has 2 unspecified atom stereocenters. The van der Waals surface area contributed by atoms with Crippen LogP contribution in [-0.4, -0.2) is 72.2 Å². The number of aliphatic hydroxyl groups is 1. The topological polar surface area (TPSA) is 68.7 Å². The average Bonchev–Trinajstić information content (AvgIpc) is 3.26. The number of β-amino-alcohol motifs (C(OH)–C–C–N with tert-alkyl or cyclic N) is 1. The van der Waals surface area contributed by atoms with Gasteiger partial charge in [0.15, 0.2) is 0 Å². The number of fused-ring (bicyclic) bond motifs is 1. The van der Waals surface area contributed by atoms with Gasteiger partial charge in [0.1, 0.15) is 5.82 Å². The van der Waals surface area contributed by atoms with Crippen molar-refractivity contribution in [3.63, 3.8) is 0 Å². The van der Waals surface area contributed by atoms with Crippen molar-refractivity contribution < 1.29 is 9.90 Å². The zero-order chi connectivity index (χ0) is 20.3. The minimum absolute atomic E-state index is 0.0599. The normalized spacial score (nSPS) is 23.9. The van der Waals surface area contributed by atoms with Gasteiger partial charge in [-0.1, -0.05) is 30.3 Å². The molecule has 0 saturated carbocycles. The number of nitrogens with one attached hydrogen (secondary N) is 1. The van der Waals surface area contributed by atoms with Gasteiger partial charge in [-0.15, -0.1) is 0 Å². The van der Waals surface area contributed by atoms with Crippen LogP contribution in [0.15, 0.2) is 48.7 Å². The third kappa shape index (κ3) is 4.00. The highest BCUT2D eigenvalue weighted by atomic mass is 16.3. The SMILES string of the molecule is CNc1ncccc1C(=O)N1CC2CN(CCO)CC2(CCc2ccccc2)C1. The summed E-state index contributed by atoms with van der Waals surface area (Å²) >= 11 is 0. The van der Waals surface area contributed by atoms with E-state index < -0.39 is 0 Å². The molecule has 2 aliphatic rings. The number of rotatable bonds is 7. The lowest BCUT2D eigenvalue weighted by Gasteiger charge is -2.30. The molecule has 6 nitrogen and oxygen atoms in total. The number of anilines is 1. The Hall–Kier alpha value is -2.44. The maximum Gasteiger partial charge on any atom is 0.257 e. The quantitative estimate of drug-likeness (QED) is 0.753. The van der Waals surface area contributed by atoms with Crippen LogP contribution in [0, 0.1) is 11.3 Å². The zero-order valence-corrected chi connectivity index (χ0v) is 17.1. The number of aliphatic hydroxyl groups excluding tert-OH is 1. The first-order valence-electron chi connectivity index (χ1n) is 10.4. The van der Waals surface area contributed by atoms with Crippen molar-refractivity contribution in [3.8, 4) is 0 Å². The number of benzene rings is 1. The van der Waals surface area contributed by atoms with E-state index in [0.717, 1.165) is 39.0 Å². The lowest BCUT2D eigenvalue weighted by atomic mass is 9.76. The van der Waals surface area contributed by atoms with Gasteiger partial charge in [0.05, 0.1) is 12.2 Å². The second kappa shape index (κ2) is 8.51. The Kier molecular flexibility index (Phi) is 5.83. The van der Waals surface area contributed by atoms with Crippen LogP contribution >= 0.6 is 0 Å². The van der Waals surface area contributed by atoms with Crippen molar-refractivity contribution in [2.45, 2.75) is 12.8 Å². The summed E-state index contributed by atoms with van der Waals surface area (Å²) in [4.78, 5) is 22.0. The molecule has 6 heteroatoms. The molecule has 29 heavy (non-hydrogen) atoms. The first-order valence-corrected chi connectivity index (χ1v) is 10.4. The molecule has 1 aromatic heterocycles. The number of amides is 1. The molecule has 1 amide bonds. The minimum atomic E-state index is 0.0599. The Labute approximate surface area is 172 Å². The fourth-order valence-corrected chi connectivity index (χ4v) is 5.10. The van der Waals surface area contributed by atoms with Crippen LogP contribution in [0.1, 0.15) is 22.3 Å². The summed E-state index contributed by atoms with van der Waals surface area (Å²) < 4.78 is 0. The first kappa shape index (κ1) is 19.9. The van der Waals surface area contributed by atoms with Crippen molar-refractivity contribution >= 4 is 11.7 Å². The fraction of sp³-hybridized carbons (Fsp3) is 0.478. The summed E-state index contributed by atoms with van der Waals surface area (Å²) in [5.41, 5.74) is 2.07. The second-order valence-electron chi connectivity index (χ2n) is 8.34. The molecule has 0 bridgehead atoms. The van der Waals surface area contributed by atoms with Gasteiger partial charge in [-0.3, -0.25) is 4.79 Å². The molecule has 3 heterocycles. The molecule has 2 saturated heterocycles. The lowest BCUT2D eigenvalue weighted by molar-refractivity contribution is 0.0753. The minimum Gasteiger partial charge on any atom is -0.395 e. The predicted molar refractivity (Wildman–Crippen MR) is 114 cm³/mol. The smallest absolute Gasteiger partial charge is 0.257 e. The zero-order valence-electron chi connectivity index (χ0n) is 17.1. The van der Waals surface area contributed by atoms with Crippen molar-refractivity contribution in [1.82, 2.24) is 14.8 Å². The van der Waals surface area contributed by atoms with Crippen LogP contribution in [0.2, 0.25) is 0 Å². The Balaban J connectivity index is 1.53. The van der Waals surface area contributed by atoms with Gasteiger partial charge in [0.25, 0.3) is 5.91 Å². The number of carbonyl (C=O) groups is 1. The summed E-state index contributed by atoms with van der Waals surface area (Å²) in [6, 6.07) is 14.2. The third-order valence-electron chi connectivity index (χ3n) is 6.56. The highest BCUT2D eigenvalue weighted by molar-refractivity contribution is 5.98. The third-order valence-corrected chi connectivity index (χ3v) is 6.56. The van der Waals surface area contributed by atoms with Crippen molar-refractivity contribution in [2.75, 3.05) is 51.7 Å². The molecule has 0 aliphatic carbocycles. The second-order valence-corrected chi connectivity index (χ2v) is 8.34. The van der Waals surface area contributed by atoms with E-state index in [9.17, 15) is 9.90 Å². The number of hydrogen-bond acceptors (Lipinski definition) is 5.